The molecular formula is C20H30O7. The van der Waals surface area contributed by atoms with Crippen LogP contribution in [-0.4, -0.2) is 68.3 Å². The number of benzene rings is 1. The summed E-state index contributed by atoms with van der Waals surface area (Å²) < 4.78 is 12.0. The van der Waals surface area contributed by atoms with Crippen LogP contribution in [0.15, 0.2) is 0 Å². The van der Waals surface area contributed by atoms with E-state index in [0.717, 1.165) is 28.0 Å². The van der Waals surface area contributed by atoms with Gasteiger partial charge < -0.3 is 35.0 Å². The molecule has 7 nitrogen and oxygen atoms in total. The molecule has 0 saturated carbocycles. The minimum Gasteiger partial charge on any atom is -0.507 e. The summed E-state index contributed by atoms with van der Waals surface area (Å²) in [5.41, 5.74) is 2.82. The molecule has 152 valence electrons. The van der Waals surface area contributed by atoms with Crippen LogP contribution in [0.3, 0.4) is 0 Å². The molecule has 7 heteroatoms. The first-order chi connectivity index (χ1) is 12.6. The van der Waals surface area contributed by atoms with Gasteiger partial charge in [-0.1, -0.05) is 0 Å². The fourth-order valence-corrected chi connectivity index (χ4v) is 4.21. The summed E-state index contributed by atoms with van der Waals surface area (Å²) in [5.74, 6) is 1.05. The predicted molar refractivity (Wildman–Crippen MR) is 98.1 cm³/mol. The summed E-state index contributed by atoms with van der Waals surface area (Å²) >= 11 is 0. The number of rotatable bonds is 3. The van der Waals surface area contributed by atoms with E-state index in [2.05, 4.69) is 0 Å². The van der Waals surface area contributed by atoms with Gasteiger partial charge in [0.15, 0.2) is 0 Å². The number of aliphatic hydroxyl groups excluding tert-OH is 4. The minimum atomic E-state index is -1.39. The topological polar surface area (TPSA) is 120 Å². The summed E-state index contributed by atoms with van der Waals surface area (Å²) in [5, 5.41) is 50.0. The van der Waals surface area contributed by atoms with E-state index < -0.39 is 42.7 Å². The Morgan fingerprint density at radius 3 is 2.22 bits per heavy atom. The molecule has 0 radical (unpaired) electrons. The SMILES string of the molecule is Cc1c(C)c2c(c(C)c1O)CCC(C)(C[C@@H]1O[C@H](CO)[C@@H](O)[C@H](O)[C@H]1O)O2. The first-order valence-corrected chi connectivity index (χ1v) is 9.40. The van der Waals surface area contributed by atoms with E-state index in [1.807, 2.05) is 27.7 Å². The van der Waals surface area contributed by atoms with Crippen molar-refractivity contribution in [3.63, 3.8) is 0 Å². The Bertz CT molecular complexity index is 717. The Kier molecular flexibility index (Phi) is 5.44. The van der Waals surface area contributed by atoms with Crippen molar-refractivity contribution >= 4 is 0 Å². The predicted octanol–water partition coefficient (Wildman–Crippen LogP) is 0.634. The van der Waals surface area contributed by atoms with Gasteiger partial charge in [0.05, 0.1) is 12.7 Å². The van der Waals surface area contributed by atoms with Gasteiger partial charge in [0.25, 0.3) is 0 Å². The molecule has 5 N–H and O–H groups in total. The lowest BCUT2D eigenvalue weighted by molar-refractivity contribution is -0.237. The highest BCUT2D eigenvalue weighted by Gasteiger charge is 2.47. The Morgan fingerprint density at radius 1 is 0.963 bits per heavy atom. The Labute approximate surface area is 159 Å². The Morgan fingerprint density at radius 2 is 1.59 bits per heavy atom. The van der Waals surface area contributed by atoms with Gasteiger partial charge in [-0.05, 0) is 57.2 Å². The van der Waals surface area contributed by atoms with Gasteiger partial charge >= 0.3 is 0 Å². The third-order valence-corrected chi connectivity index (χ3v) is 6.22. The molecule has 0 spiro atoms. The normalized spacial score (nSPS) is 36.2. The molecule has 0 amide bonds. The van der Waals surface area contributed by atoms with Crippen molar-refractivity contribution in [3.05, 3.63) is 22.3 Å². The van der Waals surface area contributed by atoms with E-state index in [9.17, 15) is 25.5 Å². The van der Waals surface area contributed by atoms with Crippen LogP contribution in [-0.2, 0) is 11.2 Å². The molecule has 0 aromatic heterocycles. The van der Waals surface area contributed by atoms with Crippen LogP contribution in [0.1, 0.15) is 42.0 Å². The standard InChI is InChI=1S/C20H30O7/c1-9-10(2)19-12(11(3)15(9)22)5-6-20(4,27-19)7-13-16(23)18(25)17(24)14(8-21)26-13/h13-14,16-18,21-25H,5-8H2,1-4H3/t13-,14+,16-,17+,18+,20?/m0/s1. The fraction of sp³-hybridized carbons (Fsp3) is 0.700. The van der Waals surface area contributed by atoms with Crippen molar-refractivity contribution in [2.75, 3.05) is 6.61 Å². The highest BCUT2D eigenvalue weighted by molar-refractivity contribution is 5.58. The number of phenolic OH excluding ortho intramolecular Hbond substituents is 1. The maximum Gasteiger partial charge on any atom is 0.127 e. The van der Waals surface area contributed by atoms with Crippen LogP contribution in [0.5, 0.6) is 11.5 Å². The first-order valence-electron chi connectivity index (χ1n) is 9.40. The average Bonchev–Trinajstić information content (AvgIpc) is 2.65. The summed E-state index contributed by atoms with van der Waals surface area (Å²) in [6.07, 6.45) is -4.05. The van der Waals surface area contributed by atoms with Crippen LogP contribution < -0.4 is 4.74 Å². The van der Waals surface area contributed by atoms with Crippen molar-refractivity contribution in [1.29, 1.82) is 0 Å². The highest BCUT2D eigenvalue weighted by atomic mass is 16.5. The Hall–Kier alpha value is -1.38. The van der Waals surface area contributed by atoms with Crippen LogP contribution in [0.2, 0.25) is 0 Å². The molecule has 1 unspecified atom stereocenters. The van der Waals surface area contributed by atoms with Crippen molar-refractivity contribution in [1.82, 2.24) is 0 Å². The largest absolute Gasteiger partial charge is 0.507 e. The molecule has 1 saturated heterocycles. The van der Waals surface area contributed by atoms with Crippen molar-refractivity contribution in [2.45, 2.75) is 83.1 Å². The van der Waals surface area contributed by atoms with E-state index in [0.29, 0.717) is 25.0 Å². The smallest absolute Gasteiger partial charge is 0.127 e. The van der Waals surface area contributed by atoms with Crippen molar-refractivity contribution in [2.24, 2.45) is 0 Å². The molecule has 6 atom stereocenters. The molecule has 0 bridgehead atoms. The van der Waals surface area contributed by atoms with Crippen molar-refractivity contribution in [3.8, 4) is 11.5 Å². The van der Waals surface area contributed by atoms with Gasteiger partial charge in [0.1, 0.15) is 41.5 Å². The zero-order valence-corrected chi connectivity index (χ0v) is 16.3. The van der Waals surface area contributed by atoms with Gasteiger partial charge in [0.2, 0.25) is 0 Å². The summed E-state index contributed by atoms with van der Waals surface area (Å²) in [6.45, 7) is 7.12. The van der Waals surface area contributed by atoms with Crippen LogP contribution in [0.25, 0.3) is 0 Å². The number of aliphatic hydroxyl groups is 4. The van der Waals surface area contributed by atoms with Gasteiger partial charge in [-0.3, -0.25) is 0 Å². The molecule has 2 aliphatic rings. The molecule has 0 aliphatic carbocycles. The van der Waals surface area contributed by atoms with Gasteiger partial charge in [-0.15, -0.1) is 0 Å². The number of aromatic hydroxyl groups is 1. The molecule has 2 heterocycles. The van der Waals surface area contributed by atoms with Gasteiger partial charge in [-0.2, -0.15) is 0 Å². The lowest BCUT2D eigenvalue weighted by Gasteiger charge is -2.45. The number of phenols is 1. The summed E-state index contributed by atoms with van der Waals surface area (Å²) in [6, 6.07) is 0. The molecule has 1 aromatic rings. The number of hydrogen-bond acceptors (Lipinski definition) is 7. The molecule has 1 fully saturated rings. The van der Waals surface area contributed by atoms with Crippen LogP contribution >= 0.6 is 0 Å². The van der Waals surface area contributed by atoms with E-state index >= 15 is 0 Å². The quantitative estimate of drug-likeness (QED) is 0.520. The van der Waals surface area contributed by atoms with Gasteiger partial charge in [0, 0.05) is 12.0 Å². The average molecular weight is 382 g/mol. The van der Waals surface area contributed by atoms with E-state index in [-0.39, 0.29) is 0 Å². The molecule has 3 rings (SSSR count). The Balaban J connectivity index is 1.85. The molecule has 2 aliphatic heterocycles. The van der Waals surface area contributed by atoms with Crippen LogP contribution in [0, 0.1) is 20.8 Å². The second-order valence-electron chi connectivity index (χ2n) is 8.15. The lowest BCUT2D eigenvalue weighted by atomic mass is 9.82. The monoisotopic (exact) mass is 382 g/mol. The van der Waals surface area contributed by atoms with E-state index in [1.165, 1.54) is 0 Å². The van der Waals surface area contributed by atoms with Gasteiger partial charge in [-0.25, -0.2) is 0 Å². The second kappa shape index (κ2) is 7.22. The van der Waals surface area contributed by atoms with E-state index in [4.69, 9.17) is 9.47 Å². The molecule has 1 aromatic carbocycles. The summed E-state index contributed by atoms with van der Waals surface area (Å²) in [4.78, 5) is 0. The molecule has 27 heavy (non-hydrogen) atoms. The number of hydrogen-bond donors (Lipinski definition) is 5. The fourth-order valence-electron chi connectivity index (χ4n) is 4.21. The van der Waals surface area contributed by atoms with Crippen LogP contribution in [0.4, 0.5) is 0 Å². The number of ether oxygens (including phenoxy) is 2. The third-order valence-electron chi connectivity index (χ3n) is 6.22. The number of fused-ring (bicyclic) bond motifs is 1. The maximum absolute atomic E-state index is 10.3. The summed E-state index contributed by atoms with van der Waals surface area (Å²) in [7, 11) is 0. The second-order valence-corrected chi connectivity index (χ2v) is 8.15. The zero-order chi connectivity index (χ0) is 20.1. The van der Waals surface area contributed by atoms with Crippen molar-refractivity contribution < 1.29 is 35.0 Å². The zero-order valence-electron chi connectivity index (χ0n) is 16.3. The minimum absolute atomic E-state index is 0.298. The molecular weight excluding hydrogens is 352 g/mol. The highest BCUT2D eigenvalue weighted by Crippen LogP contribution is 2.45. The third kappa shape index (κ3) is 3.43. The first kappa shape index (κ1) is 20.4. The van der Waals surface area contributed by atoms with E-state index in [1.54, 1.807) is 0 Å². The lowest BCUT2D eigenvalue weighted by Crippen LogP contribution is -2.60. The maximum atomic E-state index is 10.3.